The number of nitrogens with one attached hydrogen (secondary N) is 3. The van der Waals surface area contributed by atoms with Crippen LogP contribution < -0.4 is 20.1 Å². The molecule has 2 aromatic rings. The maximum atomic E-state index is 12.3. The number of sulfonamides is 1. The summed E-state index contributed by atoms with van der Waals surface area (Å²) in [7, 11) is -3.37. The molecule has 2 amide bonds. The summed E-state index contributed by atoms with van der Waals surface area (Å²) in [5.74, 6) is -0.0833. The zero-order valence-electron chi connectivity index (χ0n) is 13.9. The van der Waals surface area contributed by atoms with Crippen LogP contribution in [0.5, 0.6) is 5.75 Å². The van der Waals surface area contributed by atoms with Gasteiger partial charge in [0, 0.05) is 17.8 Å². The van der Waals surface area contributed by atoms with Gasteiger partial charge < -0.3 is 15.4 Å². The molecule has 0 saturated carbocycles. The molecule has 0 unspecified atom stereocenters. The fourth-order valence-electron chi connectivity index (χ4n) is 2.47. The number of hydrogen-bond donors (Lipinski definition) is 3. The fraction of sp³-hybridized carbons (Fsp3) is 0.176. The van der Waals surface area contributed by atoms with Gasteiger partial charge in [0.1, 0.15) is 5.75 Å². The van der Waals surface area contributed by atoms with E-state index in [9.17, 15) is 18.0 Å². The summed E-state index contributed by atoms with van der Waals surface area (Å²) in [6.45, 7) is 0.175. The van der Waals surface area contributed by atoms with Gasteiger partial charge in [0.05, 0.1) is 11.9 Å². The topological polar surface area (TPSA) is 114 Å². The molecule has 0 fully saturated rings. The highest BCUT2D eigenvalue weighted by Crippen LogP contribution is 2.28. The van der Waals surface area contributed by atoms with Crippen molar-refractivity contribution in [2.45, 2.75) is 6.54 Å². The first kappa shape index (κ1) is 17.7. The quantitative estimate of drug-likeness (QED) is 0.729. The summed E-state index contributed by atoms with van der Waals surface area (Å²) >= 11 is 0. The van der Waals surface area contributed by atoms with E-state index < -0.39 is 10.0 Å². The van der Waals surface area contributed by atoms with Crippen LogP contribution in [0.15, 0.2) is 42.5 Å². The van der Waals surface area contributed by atoms with Crippen molar-refractivity contribution in [3.63, 3.8) is 0 Å². The molecule has 0 radical (unpaired) electrons. The van der Waals surface area contributed by atoms with Crippen LogP contribution in [0.25, 0.3) is 0 Å². The molecule has 0 aliphatic carbocycles. The van der Waals surface area contributed by atoms with E-state index >= 15 is 0 Å². The Labute approximate surface area is 150 Å². The summed E-state index contributed by atoms with van der Waals surface area (Å²) in [6, 6.07) is 11.5. The lowest BCUT2D eigenvalue weighted by atomic mass is 10.1. The van der Waals surface area contributed by atoms with Crippen molar-refractivity contribution in [1.82, 2.24) is 5.32 Å². The predicted molar refractivity (Wildman–Crippen MR) is 96.6 cm³/mol. The van der Waals surface area contributed by atoms with Gasteiger partial charge in [-0.15, -0.1) is 0 Å². The monoisotopic (exact) mass is 375 g/mol. The van der Waals surface area contributed by atoms with Gasteiger partial charge in [-0.1, -0.05) is 12.1 Å². The lowest BCUT2D eigenvalue weighted by Gasteiger charge is -2.18. The lowest BCUT2D eigenvalue weighted by Crippen LogP contribution is -2.27. The Morgan fingerprint density at radius 1 is 1.23 bits per heavy atom. The molecule has 136 valence electrons. The van der Waals surface area contributed by atoms with Gasteiger partial charge in [0.15, 0.2) is 6.61 Å². The van der Waals surface area contributed by atoms with Crippen molar-refractivity contribution in [3.05, 3.63) is 53.6 Å². The minimum absolute atomic E-state index is 0.0452. The van der Waals surface area contributed by atoms with E-state index in [0.717, 1.165) is 11.8 Å². The highest BCUT2D eigenvalue weighted by Gasteiger charge is 2.17. The van der Waals surface area contributed by atoms with Gasteiger partial charge in [0.2, 0.25) is 10.0 Å². The molecule has 0 spiro atoms. The van der Waals surface area contributed by atoms with Crippen LogP contribution in [-0.4, -0.2) is 33.1 Å². The van der Waals surface area contributed by atoms with Crippen LogP contribution in [0.2, 0.25) is 0 Å². The van der Waals surface area contributed by atoms with Crippen molar-refractivity contribution in [2.75, 3.05) is 22.9 Å². The van der Waals surface area contributed by atoms with Gasteiger partial charge >= 0.3 is 0 Å². The smallest absolute Gasteiger partial charge is 0.262 e. The van der Waals surface area contributed by atoms with Gasteiger partial charge in [-0.25, -0.2) is 8.42 Å². The second kappa shape index (κ2) is 7.04. The van der Waals surface area contributed by atoms with Gasteiger partial charge in [0.25, 0.3) is 11.8 Å². The van der Waals surface area contributed by atoms with Crippen LogP contribution in [0.4, 0.5) is 11.4 Å². The van der Waals surface area contributed by atoms with Crippen molar-refractivity contribution in [1.29, 1.82) is 0 Å². The number of fused-ring (bicyclic) bond motifs is 1. The van der Waals surface area contributed by atoms with Crippen molar-refractivity contribution < 1.29 is 22.7 Å². The molecule has 3 rings (SSSR count). The zero-order valence-corrected chi connectivity index (χ0v) is 14.7. The van der Waals surface area contributed by atoms with E-state index in [0.29, 0.717) is 22.7 Å². The highest BCUT2D eigenvalue weighted by atomic mass is 32.2. The highest BCUT2D eigenvalue weighted by molar-refractivity contribution is 7.92. The molecule has 8 nitrogen and oxygen atoms in total. The number of hydrogen-bond acceptors (Lipinski definition) is 5. The van der Waals surface area contributed by atoms with Crippen molar-refractivity contribution in [2.24, 2.45) is 0 Å². The third kappa shape index (κ3) is 4.51. The largest absolute Gasteiger partial charge is 0.482 e. The second-order valence-electron chi connectivity index (χ2n) is 5.81. The van der Waals surface area contributed by atoms with E-state index in [1.165, 1.54) is 0 Å². The van der Waals surface area contributed by atoms with Gasteiger partial charge in [-0.2, -0.15) is 0 Å². The SMILES string of the molecule is CS(=O)(=O)Nc1cccc(CNC(=O)c2ccc3c(c2)NC(=O)CO3)c1. The van der Waals surface area contributed by atoms with Gasteiger partial charge in [-0.05, 0) is 35.9 Å². The van der Waals surface area contributed by atoms with Crippen LogP contribution in [-0.2, 0) is 21.4 Å². The summed E-state index contributed by atoms with van der Waals surface area (Å²) in [4.78, 5) is 23.7. The molecule has 26 heavy (non-hydrogen) atoms. The van der Waals surface area contributed by atoms with Crippen LogP contribution >= 0.6 is 0 Å². The Balaban J connectivity index is 1.67. The van der Waals surface area contributed by atoms with E-state index in [1.54, 1.807) is 42.5 Å². The summed E-state index contributed by atoms with van der Waals surface area (Å²) in [6.07, 6.45) is 1.07. The van der Waals surface area contributed by atoms with Crippen molar-refractivity contribution in [3.8, 4) is 5.75 Å². The number of carbonyl (C=O) groups excluding carboxylic acids is 2. The molecule has 1 aliphatic heterocycles. The molecular formula is C17H17N3O5S. The number of anilines is 2. The van der Waals surface area contributed by atoms with Crippen LogP contribution in [0, 0.1) is 0 Å². The number of amides is 2. The Bertz CT molecular complexity index is 972. The first-order valence-corrected chi connectivity index (χ1v) is 9.61. The summed E-state index contributed by atoms with van der Waals surface area (Å²) in [5.41, 5.74) is 1.99. The number of ether oxygens (including phenoxy) is 1. The average molecular weight is 375 g/mol. The molecule has 0 saturated heterocycles. The molecule has 0 atom stereocenters. The predicted octanol–water partition coefficient (Wildman–Crippen LogP) is 1.32. The Hall–Kier alpha value is -3.07. The molecule has 1 aliphatic rings. The van der Waals surface area contributed by atoms with Gasteiger partial charge in [-0.3, -0.25) is 14.3 Å². The van der Waals surface area contributed by atoms with Crippen molar-refractivity contribution >= 4 is 33.2 Å². The molecule has 3 N–H and O–H groups in total. The normalized spacial score (nSPS) is 13.2. The van der Waals surface area contributed by atoms with E-state index in [2.05, 4.69) is 15.4 Å². The Morgan fingerprint density at radius 3 is 2.81 bits per heavy atom. The Morgan fingerprint density at radius 2 is 2.04 bits per heavy atom. The minimum atomic E-state index is -3.37. The van der Waals surface area contributed by atoms with Crippen LogP contribution in [0.1, 0.15) is 15.9 Å². The first-order chi connectivity index (χ1) is 12.3. The molecule has 1 heterocycles. The molecular weight excluding hydrogens is 358 g/mol. The third-order valence-electron chi connectivity index (χ3n) is 3.56. The average Bonchev–Trinajstić information content (AvgIpc) is 2.58. The zero-order chi connectivity index (χ0) is 18.7. The lowest BCUT2D eigenvalue weighted by molar-refractivity contribution is -0.118. The van der Waals surface area contributed by atoms with Crippen LogP contribution in [0.3, 0.4) is 0 Å². The number of carbonyl (C=O) groups is 2. The number of benzene rings is 2. The third-order valence-corrected chi connectivity index (χ3v) is 4.16. The first-order valence-electron chi connectivity index (χ1n) is 7.72. The molecule has 2 aromatic carbocycles. The minimum Gasteiger partial charge on any atom is -0.482 e. The van der Waals surface area contributed by atoms with E-state index in [1.807, 2.05) is 0 Å². The maximum Gasteiger partial charge on any atom is 0.262 e. The van der Waals surface area contributed by atoms with E-state index in [4.69, 9.17) is 4.74 Å². The molecule has 0 aromatic heterocycles. The summed E-state index contributed by atoms with van der Waals surface area (Å²) < 4.78 is 30.2. The second-order valence-corrected chi connectivity index (χ2v) is 7.55. The number of rotatable bonds is 5. The standard InChI is InChI=1S/C17H17N3O5S/c1-26(23,24)20-13-4-2-3-11(7-13)9-18-17(22)12-5-6-15-14(8-12)19-16(21)10-25-15/h2-8,20H,9-10H2,1H3,(H,18,22)(H,19,21). The molecule has 9 heteroatoms. The maximum absolute atomic E-state index is 12.3. The fourth-order valence-corrected chi connectivity index (χ4v) is 3.02. The van der Waals surface area contributed by atoms with E-state index in [-0.39, 0.29) is 25.0 Å². The Kier molecular flexibility index (Phi) is 4.81. The summed E-state index contributed by atoms with van der Waals surface area (Å²) in [5, 5.41) is 5.40. The molecule has 0 bridgehead atoms.